The van der Waals surface area contributed by atoms with Crippen molar-refractivity contribution in [2.24, 2.45) is 11.3 Å². The van der Waals surface area contributed by atoms with Crippen LogP contribution in [-0.4, -0.2) is 46.2 Å². The van der Waals surface area contributed by atoms with E-state index in [1.54, 1.807) is 0 Å². The third-order valence-corrected chi connectivity index (χ3v) is 3.50. The average molecular weight is 278 g/mol. The summed E-state index contributed by atoms with van der Waals surface area (Å²) in [7, 11) is 0. The Labute approximate surface area is 116 Å². The van der Waals surface area contributed by atoms with Crippen LogP contribution in [0.1, 0.15) is 52.9 Å². The summed E-state index contributed by atoms with van der Waals surface area (Å²) < 4.78 is 0. The summed E-state index contributed by atoms with van der Waals surface area (Å²) in [5.74, 6) is -0.754. The smallest absolute Gasteiger partial charge is 0.306 e. The van der Waals surface area contributed by atoms with Crippen molar-refractivity contribution >= 4 is 5.97 Å². The first kappa shape index (κ1) is 20.7. The molecular weight excluding hydrogens is 248 g/mol. The molecule has 0 saturated heterocycles. The molecule has 0 fully saturated rings. The van der Waals surface area contributed by atoms with Gasteiger partial charge in [-0.1, -0.05) is 33.6 Å². The summed E-state index contributed by atoms with van der Waals surface area (Å²) in [5, 5.41) is 34.6. The quantitative estimate of drug-likeness (QED) is 0.514. The molecule has 1 atom stereocenters. The molecule has 19 heavy (non-hydrogen) atoms. The zero-order chi connectivity index (χ0) is 15.3. The summed E-state index contributed by atoms with van der Waals surface area (Å²) in [6.07, 6.45) is 4.31. The minimum atomic E-state index is -0.667. The maximum absolute atomic E-state index is 10.4. The Morgan fingerprint density at radius 1 is 1.05 bits per heavy atom. The van der Waals surface area contributed by atoms with Crippen LogP contribution in [0.15, 0.2) is 0 Å². The Hall–Kier alpha value is -0.650. The monoisotopic (exact) mass is 278 g/mol. The van der Waals surface area contributed by atoms with Crippen LogP contribution in [0, 0.1) is 11.3 Å². The third-order valence-electron chi connectivity index (χ3n) is 3.50. The molecule has 1 unspecified atom stereocenters. The molecule has 0 aliphatic carbocycles. The number of carboxylic acids is 1. The number of aliphatic hydroxyl groups excluding tert-OH is 3. The largest absolute Gasteiger partial charge is 0.481 e. The molecule has 0 aromatic heterocycles. The number of aliphatic hydroxyl groups is 3. The van der Waals surface area contributed by atoms with E-state index in [0.29, 0.717) is 6.42 Å². The summed E-state index contributed by atoms with van der Waals surface area (Å²) in [4.78, 5) is 10.4. The van der Waals surface area contributed by atoms with E-state index in [0.717, 1.165) is 25.7 Å². The highest BCUT2D eigenvalue weighted by atomic mass is 16.4. The van der Waals surface area contributed by atoms with Gasteiger partial charge in [-0.15, -0.1) is 0 Å². The molecule has 0 aliphatic rings. The number of hydrogen-bond donors (Lipinski definition) is 4. The van der Waals surface area contributed by atoms with Gasteiger partial charge in [0.15, 0.2) is 0 Å². The number of hydrogen-bond acceptors (Lipinski definition) is 4. The lowest BCUT2D eigenvalue weighted by atomic mass is 9.88. The molecule has 0 amide bonds. The van der Waals surface area contributed by atoms with Crippen LogP contribution in [0.3, 0.4) is 0 Å². The van der Waals surface area contributed by atoms with Crippen LogP contribution in [0.2, 0.25) is 0 Å². The van der Waals surface area contributed by atoms with Crippen molar-refractivity contribution in [3.05, 3.63) is 0 Å². The second-order valence-corrected chi connectivity index (χ2v) is 4.91. The van der Waals surface area contributed by atoms with Crippen molar-refractivity contribution < 1.29 is 25.2 Å². The van der Waals surface area contributed by atoms with Crippen LogP contribution >= 0.6 is 0 Å². The molecule has 0 spiro atoms. The molecule has 0 aromatic rings. The second-order valence-electron chi connectivity index (χ2n) is 4.91. The van der Waals surface area contributed by atoms with Crippen LogP contribution < -0.4 is 0 Å². The van der Waals surface area contributed by atoms with E-state index in [1.165, 1.54) is 0 Å². The van der Waals surface area contributed by atoms with Gasteiger partial charge in [0, 0.05) is 5.41 Å². The fourth-order valence-corrected chi connectivity index (χ4v) is 1.44. The summed E-state index contributed by atoms with van der Waals surface area (Å²) >= 11 is 0. The van der Waals surface area contributed by atoms with Gasteiger partial charge in [0.05, 0.1) is 25.7 Å². The standard InChI is InChI=1S/C8H16O2.C6H14O3/c1-3-5-6-7(4-2)8(9)10;1-2-6(3-7,4-8)5-9/h7H,3-6H2,1-2H3,(H,9,10);7-9H,2-5H2,1H3. The minimum absolute atomic E-state index is 0.111. The molecule has 0 aliphatic heterocycles. The van der Waals surface area contributed by atoms with E-state index in [2.05, 4.69) is 6.92 Å². The average Bonchev–Trinajstić information content (AvgIpc) is 2.43. The molecule has 5 nitrogen and oxygen atoms in total. The van der Waals surface area contributed by atoms with Gasteiger partial charge >= 0.3 is 5.97 Å². The van der Waals surface area contributed by atoms with E-state index < -0.39 is 11.4 Å². The van der Waals surface area contributed by atoms with Crippen molar-refractivity contribution in [2.75, 3.05) is 19.8 Å². The van der Waals surface area contributed by atoms with Crippen LogP contribution in [-0.2, 0) is 4.79 Å². The molecule has 0 aromatic carbocycles. The van der Waals surface area contributed by atoms with Gasteiger partial charge in [0.1, 0.15) is 0 Å². The van der Waals surface area contributed by atoms with E-state index in [-0.39, 0.29) is 25.7 Å². The van der Waals surface area contributed by atoms with Crippen LogP contribution in [0.25, 0.3) is 0 Å². The van der Waals surface area contributed by atoms with Gasteiger partial charge in [0.2, 0.25) is 0 Å². The molecule has 0 saturated carbocycles. The fraction of sp³-hybridized carbons (Fsp3) is 0.929. The fourth-order valence-electron chi connectivity index (χ4n) is 1.44. The van der Waals surface area contributed by atoms with Crippen molar-refractivity contribution in [1.82, 2.24) is 0 Å². The lowest BCUT2D eigenvalue weighted by Crippen LogP contribution is -2.32. The Morgan fingerprint density at radius 2 is 1.53 bits per heavy atom. The summed E-state index contributed by atoms with van der Waals surface area (Å²) in [6, 6.07) is 0. The van der Waals surface area contributed by atoms with E-state index >= 15 is 0 Å². The van der Waals surface area contributed by atoms with Gasteiger partial charge in [-0.2, -0.15) is 0 Å². The van der Waals surface area contributed by atoms with Gasteiger partial charge in [-0.3, -0.25) is 4.79 Å². The van der Waals surface area contributed by atoms with Gasteiger partial charge in [-0.25, -0.2) is 0 Å². The molecule has 0 bridgehead atoms. The van der Waals surface area contributed by atoms with E-state index in [9.17, 15) is 4.79 Å². The van der Waals surface area contributed by atoms with Crippen LogP contribution in [0.5, 0.6) is 0 Å². The summed E-state index contributed by atoms with van der Waals surface area (Å²) in [6.45, 7) is 5.36. The second kappa shape index (κ2) is 12.4. The number of unbranched alkanes of at least 4 members (excludes halogenated alkanes) is 1. The number of aliphatic carboxylic acids is 1. The highest BCUT2D eigenvalue weighted by molar-refractivity contribution is 5.69. The normalized spacial score (nSPS) is 12.5. The molecule has 116 valence electrons. The van der Waals surface area contributed by atoms with E-state index in [1.807, 2.05) is 13.8 Å². The molecule has 0 rings (SSSR count). The minimum Gasteiger partial charge on any atom is -0.481 e. The van der Waals surface area contributed by atoms with Crippen molar-refractivity contribution in [2.45, 2.75) is 52.9 Å². The first-order valence-corrected chi connectivity index (χ1v) is 7.02. The first-order chi connectivity index (χ1) is 8.96. The van der Waals surface area contributed by atoms with Crippen molar-refractivity contribution in [3.63, 3.8) is 0 Å². The lowest BCUT2D eigenvalue weighted by molar-refractivity contribution is -0.142. The molecular formula is C14H30O5. The highest BCUT2D eigenvalue weighted by Gasteiger charge is 2.24. The topological polar surface area (TPSA) is 98.0 Å². The third kappa shape index (κ3) is 8.97. The Balaban J connectivity index is 0. The predicted molar refractivity (Wildman–Crippen MR) is 74.9 cm³/mol. The summed E-state index contributed by atoms with van der Waals surface area (Å²) in [5.41, 5.74) is -0.667. The number of carbonyl (C=O) groups is 1. The van der Waals surface area contributed by atoms with Gasteiger partial charge < -0.3 is 20.4 Å². The van der Waals surface area contributed by atoms with Crippen molar-refractivity contribution in [1.29, 1.82) is 0 Å². The van der Waals surface area contributed by atoms with Gasteiger partial charge in [0.25, 0.3) is 0 Å². The van der Waals surface area contributed by atoms with E-state index in [4.69, 9.17) is 20.4 Å². The maximum atomic E-state index is 10.4. The zero-order valence-corrected chi connectivity index (χ0v) is 12.4. The van der Waals surface area contributed by atoms with Crippen molar-refractivity contribution in [3.8, 4) is 0 Å². The predicted octanol–water partition coefficient (Wildman–Crippen LogP) is 1.65. The van der Waals surface area contributed by atoms with Crippen LogP contribution in [0.4, 0.5) is 0 Å². The number of rotatable bonds is 9. The first-order valence-electron chi connectivity index (χ1n) is 7.02. The molecule has 0 heterocycles. The maximum Gasteiger partial charge on any atom is 0.306 e. The molecule has 5 heteroatoms. The zero-order valence-electron chi connectivity index (χ0n) is 12.4. The Kier molecular flexibility index (Phi) is 13.5. The highest BCUT2D eigenvalue weighted by Crippen LogP contribution is 2.18. The lowest BCUT2D eigenvalue weighted by Gasteiger charge is -2.24. The SMILES string of the molecule is CCC(CO)(CO)CO.CCCCC(CC)C(=O)O. The number of carboxylic acid groups (broad SMARTS) is 1. The Bertz CT molecular complexity index is 196. The molecule has 0 radical (unpaired) electrons. The molecule has 4 N–H and O–H groups in total. The van der Waals surface area contributed by atoms with Gasteiger partial charge in [-0.05, 0) is 19.3 Å². The Morgan fingerprint density at radius 3 is 1.68 bits per heavy atom.